The molecule has 2 rings (SSSR count). The van der Waals surface area contributed by atoms with Crippen LogP contribution < -0.4 is 10.6 Å². The second-order valence-electron chi connectivity index (χ2n) is 5.24. The number of hydrogen-bond acceptors (Lipinski definition) is 3. The molecule has 1 aromatic carbocycles. The van der Waals surface area contributed by atoms with Crippen LogP contribution in [0, 0.1) is 5.82 Å². The fourth-order valence-corrected chi connectivity index (χ4v) is 2.19. The highest BCUT2D eigenvalue weighted by molar-refractivity contribution is 14.0. The monoisotopic (exact) mass is 460 g/mol. The molecule has 1 aromatic heterocycles. The van der Waals surface area contributed by atoms with E-state index in [9.17, 15) is 9.18 Å². The van der Waals surface area contributed by atoms with Crippen molar-refractivity contribution in [2.75, 3.05) is 20.6 Å². The van der Waals surface area contributed by atoms with Crippen LogP contribution in [0.5, 0.6) is 0 Å². The number of hydrogen-bond donors (Lipinski definition) is 2. The Morgan fingerprint density at radius 2 is 2.08 bits per heavy atom. The first-order valence-electron chi connectivity index (χ1n) is 7.54. The van der Waals surface area contributed by atoms with Crippen molar-refractivity contribution in [2.45, 2.75) is 13.1 Å². The number of aliphatic imine (C=N–C) groups is 1. The molecule has 0 aliphatic rings. The van der Waals surface area contributed by atoms with Gasteiger partial charge in [0.2, 0.25) is 5.91 Å². The van der Waals surface area contributed by atoms with Gasteiger partial charge in [-0.2, -0.15) is 0 Å². The molecule has 0 radical (unpaired) electrons. The summed E-state index contributed by atoms with van der Waals surface area (Å²) in [6.07, 6.45) is 1.56. The molecule has 0 aliphatic carbocycles. The van der Waals surface area contributed by atoms with Gasteiger partial charge in [0.05, 0.1) is 19.4 Å². The van der Waals surface area contributed by atoms with Crippen LogP contribution in [0.3, 0.4) is 0 Å². The number of halogens is 2. The molecule has 0 saturated heterocycles. The van der Waals surface area contributed by atoms with E-state index in [1.165, 1.54) is 12.1 Å². The maximum absolute atomic E-state index is 13.2. The molecule has 0 bridgehead atoms. The molecule has 0 unspecified atom stereocenters. The zero-order chi connectivity index (χ0) is 17.4. The van der Waals surface area contributed by atoms with Gasteiger partial charge in [-0.3, -0.25) is 9.79 Å². The van der Waals surface area contributed by atoms with Crippen molar-refractivity contribution in [1.29, 1.82) is 0 Å². The van der Waals surface area contributed by atoms with Gasteiger partial charge in [-0.05, 0) is 29.8 Å². The third-order valence-electron chi connectivity index (χ3n) is 3.33. The van der Waals surface area contributed by atoms with Crippen LogP contribution in [0.2, 0.25) is 0 Å². The molecule has 0 atom stereocenters. The van der Waals surface area contributed by atoms with E-state index in [2.05, 4.69) is 15.6 Å². The zero-order valence-corrected chi connectivity index (χ0v) is 16.5. The van der Waals surface area contributed by atoms with Crippen LogP contribution in [0.25, 0.3) is 0 Å². The largest absolute Gasteiger partial charge is 0.467 e. The van der Waals surface area contributed by atoms with Crippen LogP contribution in [0.1, 0.15) is 11.3 Å². The number of furan rings is 1. The minimum atomic E-state index is -0.277. The highest BCUT2D eigenvalue weighted by Gasteiger charge is 2.09. The Balaban J connectivity index is 0.00000312. The summed E-state index contributed by atoms with van der Waals surface area (Å²) in [5.41, 5.74) is 0.822. The van der Waals surface area contributed by atoms with E-state index in [0.717, 1.165) is 5.56 Å². The van der Waals surface area contributed by atoms with Gasteiger partial charge in [-0.25, -0.2) is 4.39 Å². The van der Waals surface area contributed by atoms with Crippen LogP contribution in [0.15, 0.2) is 52.1 Å². The summed E-state index contributed by atoms with van der Waals surface area (Å²) < 4.78 is 18.4. The summed E-state index contributed by atoms with van der Waals surface area (Å²) in [5, 5.41) is 5.72. The quantitative estimate of drug-likeness (QED) is 0.395. The molecule has 2 aromatic rings. The molecule has 8 heteroatoms. The second-order valence-corrected chi connectivity index (χ2v) is 5.24. The Labute approximate surface area is 163 Å². The van der Waals surface area contributed by atoms with E-state index in [1.807, 2.05) is 18.0 Å². The number of carbonyl (C=O) groups excluding carboxylic acids is 1. The molecule has 2 N–H and O–H groups in total. The fourth-order valence-electron chi connectivity index (χ4n) is 2.19. The maximum atomic E-state index is 13.2. The van der Waals surface area contributed by atoms with Gasteiger partial charge in [0.1, 0.15) is 11.6 Å². The van der Waals surface area contributed by atoms with E-state index < -0.39 is 0 Å². The smallest absolute Gasteiger partial charge is 0.239 e. The summed E-state index contributed by atoms with van der Waals surface area (Å²) in [4.78, 5) is 17.8. The van der Waals surface area contributed by atoms with Crippen molar-refractivity contribution in [3.63, 3.8) is 0 Å². The number of rotatable bonds is 6. The molecule has 0 fully saturated rings. The SMILES string of the molecule is CN=C(NCC(=O)NCc1ccco1)N(C)Cc1cccc(F)c1.I. The van der Waals surface area contributed by atoms with Gasteiger partial charge < -0.3 is 20.0 Å². The van der Waals surface area contributed by atoms with Gasteiger partial charge in [0.15, 0.2) is 5.96 Å². The summed E-state index contributed by atoms with van der Waals surface area (Å²) in [5.74, 6) is 0.788. The molecule has 6 nitrogen and oxygen atoms in total. The molecule has 0 spiro atoms. The zero-order valence-electron chi connectivity index (χ0n) is 14.2. The van der Waals surface area contributed by atoms with Gasteiger partial charge in [0, 0.05) is 20.6 Å². The number of benzene rings is 1. The van der Waals surface area contributed by atoms with E-state index in [-0.39, 0.29) is 42.2 Å². The lowest BCUT2D eigenvalue weighted by atomic mass is 10.2. The Morgan fingerprint density at radius 3 is 2.72 bits per heavy atom. The van der Waals surface area contributed by atoms with E-state index in [0.29, 0.717) is 24.8 Å². The second kappa shape index (κ2) is 10.7. The third-order valence-corrected chi connectivity index (χ3v) is 3.33. The first-order chi connectivity index (χ1) is 11.6. The lowest BCUT2D eigenvalue weighted by molar-refractivity contribution is -0.120. The lowest BCUT2D eigenvalue weighted by Gasteiger charge is -2.22. The van der Waals surface area contributed by atoms with Gasteiger partial charge in [-0.1, -0.05) is 12.1 Å². The third kappa shape index (κ3) is 7.12. The summed E-state index contributed by atoms with van der Waals surface area (Å²) in [6, 6.07) is 9.93. The van der Waals surface area contributed by atoms with Crippen molar-refractivity contribution in [3.05, 3.63) is 59.8 Å². The van der Waals surface area contributed by atoms with Crippen LogP contribution in [-0.4, -0.2) is 37.4 Å². The first-order valence-corrected chi connectivity index (χ1v) is 7.54. The van der Waals surface area contributed by atoms with Gasteiger partial charge in [0.25, 0.3) is 0 Å². The van der Waals surface area contributed by atoms with Gasteiger partial charge in [-0.15, -0.1) is 24.0 Å². The number of carbonyl (C=O) groups is 1. The molecular formula is C17H22FIN4O2. The van der Waals surface area contributed by atoms with E-state index in [1.54, 1.807) is 31.5 Å². The predicted octanol–water partition coefficient (Wildman–Crippen LogP) is 2.36. The molecule has 1 amide bonds. The standard InChI is InChI=1S/C17H21FN4O2.HI/c1-19-17(22(2)12-13-5-3-6-14(18)9-13)21-11-16(23)20-10-15-7-4-8-24-15;/h3-9H,10-12H2,1-2H3,(H,19,21)(H,20,23);1H. The Bertz CT molecular complexity index is 692. The van der Waals surface area contributed by atoms with E-state index in [4.69, 9.17) is 4.42 Å². The Hall–Kier alpha value is -2.10. The average molecular weight is 460 g/mol. The summed E-state index contributed by atoms with van der Waals surface area (Å²) in [6.45, 7) is 0.900. The minimum absolute atomic E-state index is 0. The van der Waals surface area contributed by atoms with Crippen LogP contribution >= 0.6 is 24.0 Å². The van der Waals surface area contributed by atoms with E-state index >= 15 is 0 Å². The topological polar surface area (TPSA) is 69.9 Å². The van der Waals surface area contributed by atoms with Crippen molar-refractivity contribution in [3.8, 4) is 0 Å². The Morgan fingerprint density at radius 1 is 1.28 bits per heavy atom. The number of nitrogens with one attached hydrogen (secondary N) is 2. The fraction of sp³-hybridized carbons (Fsp3) is 0.294. The summed E-state index contributed by atoms with van der Waals surface area (Å²) in [7, 11) is 3.45. The van der Waals surface area contributed by atoms with Crippen molar-refractivity contribution in [2.24, 2.45) is 4.99 Å². The number of nitrogens with zero attached hydrogens (tertiary/aromatic N) is 2. The molecule has 1 heterocycles. The van der Waals surface area contributed by atoms with Crippen LogP contribution in [0.4, 0.5) is 4.39 Å². The molecule has 0 saturated carbocycles. The highest BCUT2D eigenvalue weighted by Crippen LogP contribution is 2.06. The number of amides is 1. The van der Waals surface area contributed by atoms with Crippen molar-refractivity contribution >= 4 is 35.8 Å². The molecule has 136 valence electrons. The molecule has 0 aliphatic heterocycles. The lowest BCUT2D eigenvalue weighted by Crippen LogP contribution is -2.43. The average Bonchev–Trinajstić information content (AvgIpc) is 3.07. The van der Waals surface area contributed by atoms with Gasteiger partial charge >= 0.3 is 0 Å². The molecular weight excluding hydrogens is 438 g/mol. The first kappa shape index (κ1) is 20.9. The molecule has 25 heavy (non-hydrogen) atoms. The van der Waals surface area contributed by atoms with Crippen LogP contribution in [-0.2, 0) is 17.9 Å². The summed E-state index contributed by atoms with van der Waals surface area (Å²) >= 11 is 0. The predicted molar refractivity (Wildman–Crippen MR) is 105 cm³/mol. The highest BCUT2D eigenvalue weighted by atomic mass is 127. The normalized spacial score (nSPS) is 10.8. The Kier molecular flexibility index (Phi) is 8.96. The minimum Gasteiger partial charge on any atom is -0.467 e. The van der Waals surface area contributed by atoms with Crippen molar-refractivity contribution < 1.29 is 13.6 Å². The number of guanidine groups is 1. The maximum Gasteiger partial charge on any atom is 0.239 e. The van der Waals surface area contributed by atoms with Crippen molar-refractivity contribution in [1.82, 2.24) is 15.5 Å².